The van der Waals surface area contributed by atoms with Crippen LogP contribution in [-0.2, 0) is 10.0 Å². The average Bonchev–Trinajstić information content (AvgIpc) is 2.86. The lowest BCUT2D eigenvalue weighted by molar-refractivity contribution is 0.171. The van der Waals surface area contributed by atoms with Gasteiger partial charge in [0.15, 0.2) is 0 Å². The molecule has 0 bridgehead atoms. The molecule has 8 nitrogen and oxygen atoms in total. The van der Waals surface area contributed by atoms with Crippen molar-refractivity contribution in [2.75, 3.05) is 32.4 Å². The Hall–Kier alpha value is -1.92. The largest absolute Gasteiger partial charge is 0.344 e. The number of nitriles is 1. The van der Waals surface area contributed by atoms with Crippen LogP contribution < -0.4 is 0 Å². The smallest absolute Gasteiger partial charge is 0.320 e. The molecule has 102 valence electrons. The lowest BCUT2D eigenvalue weighted by atomic mass is 10.4. The maximum atomic E-state index is 12.0. The Bertz CT molecular complexity index is 622. The van der Waals surface area contributed by atoms with Gasteiger partial charge in [0.05, 0.1) is 24.2 Å². The van der Waals surface area contributed by atoms with Crippen LogP contribution in [0.1, 0.15) is 5.56 Å². The fourth-order valence-electron chi connectivity index (χ4n) is 1.84. The zero-order chi connectivity index (χ0) is 14.0. The molecule has 1 aliphatic heterocycles. The molecular weight excluding hydrogens is 270 g/mol. The second-order valence-corrected chi connectivity index (χ2v) is 6.20. The molecule has 2 heterocycles. The number of carbonyl (C=O) groups is 1. The van der Waals surface area contributed by atoms with Gasteiger partial charge in [0, 0.05) is 26.2 Å². The van der Waals surface area contributed by atoms with E-state index in [4.69, 9.17) is 5.26 Å². The maximum absolute atomic E-state index is 12.0. The number of rotatable bonds is 1. The van der Waals surface area contributed by atoms with E-state index >= 15 is 0 Å². The fraction of sp³-hybridized carbons (Fsp3) is 0.500. The molecule has 0 spiro atoms. The number of aromatic nitrogens is 2. The molecule has 1 amide bonds. The lowest BCUT2D eigenvalue weighted by Crippen LogP contribution is -2.51. The van der Waals surface area contributed by atoms with Gasteiger partial charge >= 0.3 is 6.03 Å². The van der Waals surface area contributed by atoms with Crippen molar-refractivity contribution in [2.45, 2.75) is 0 Å². The Kier molecular flexibility index (Phi) is 3.55. The predicted octanol–water partition coefficient (Wildman–Crippen LogP) is -0.700. The Morgan fingerprint density at radius 3 is 2.47 bits per heavy atom. The summed E-state index contributed by atoms with van der Waals surface area (Å²) < 4.78 is 25.1. The molecular formula is C10H13N5O3S. The van der Waals surface area contributed by atoms with E-state index in [1.165, 1.54) is 21.6 Å². The number of nitrogens with zero attached hydrogens (tertiary/aromatic N) is 5. The van der Waals surface area contributed by atoms with E-state index in [9.17, 15) is 13.2 Å². The molecule has 0 saturated carbocycles. The molecule has 1 fully saturated rings. The van der Waals surface area contributed by atoms with Gasteiger partial charge in [0.1, 0.15) is 6.07 Å². The molecule has 2 rings (SSSR count). The number of amides is 1. The van der Waals surface area contributed by atoms with Gasteiger partial charge in [-0.2, -0.15) is 19.3 Å². The van der Waals surface area contributed by atoms with Crippen molar-refractivity contribution in [3.05, 3.63) is 18.0 Å². The van der Waals surface area contributed by atoms with Crippen molar-refractivity contribution in [3.63, 3.8) is 0 Å². The van der Waals surface area contributed by atoms with Crippen LogP contribution in [0.4, 0.5) is 4.79 Å². The van der Waals surface area contributed by atoms with Crippen LogP contribution in [0.3, 0.4) is 0 Å². The molecule has 19 heavy (non-hydrogen) atoms. The number of carbonyl (C=O) groups excluding carboxylic acids is 1. The van der Waals surface area contributed by atoms with E-state index in [1.807, 2.05) is 6.07 Å². The van der Waals surface area contributed by atoms with Gasteiger partial charge < -0.3 is 4.90 Å². The zero-order valence-electron chi connectivity index (χ0n) is 10.4. The number of hydrogen-bond donors (Lipinski definition) is 0. The van der Waals surface area contributed by atoms with Gasteiger partial charge in [-0.25, -0.2) is 13.2 Å². The average molecular weight is 283 g/mol. The SMILES string of the molecule is CS(=O)(=O)N1CCN(C(=O)n2cc(C#N)cn2)CC1. The Morgan fingerprint density at radius 2 is 2.00 bits per heavy atom. The minimum Gasteiger partial charge on any atom is -0.320 e. The fourth-order valence-corrected chi connectivity index (χ4v) is 2.67. The van der Waals surface area contributed by atoms with Crippen molar-refractivity contribution >= 4 is 16.1 Å². The zero-order valence-corrected chi connectivity index (χ0v) is 11.2. The molecule has 0 aliphatic carbocycles. The lowest BCUT2D eigenvalue weighted by Gasteiger charge is -2.32. The van der Waals surface area contributed by atoms with Crippen LogP contribution in [0.15, 0.2) is 12.4 Å². The van der Waals surface area contributed by atoms with E-state index in [0.29, 0.717) is 18.7 Å². The molecule has 0 N–H and O–H groups in total. The second-order valence-electron chi connectivity index (χ2n) is 4.22. The second kappa shape index (κ2) is 4.99. The molecule has 1 aliphatic rings. The minimum atomic E-state index is -3.21. The van der Waals surface area contributed by atoms with Gasteiger partial charge in [-0.1, -0.05) is 0 Å². The molecule has 9 heteroatoms. The van der Waals surface area contributed by atoms with E-state index in [2.05, 4.69) is 5.10 Å². The molecule has 0 atom stereocenters. The van der Waals surface area contributed by atoms with E-state index in [0.717, 1.165) is 10.9 Å². The Labute approximate surface area is 110 Å². The van der Waals surface area contributed by atoms with Crippen molar-refractivity contribution < 1.29 is 13.2 Å². The summed E-state index contributed by atoms with van der Waals surface area (Å²) in [5.74, 6) is 0. The maximum Gasteiger partial charge on any atom is 0.344 e. The summed E-state index contributed by atoms with van der Waals surface area (Å²) in [4.78, 5) is 13.5. The Morgan fingerprint density at radius 1 is 1.37 bits per heavy atom. The van der Waals surface area contributed by atoms with Gasteiger partial charge in [-0.05, 0) is 0 Å². The van der Waals surface area contributed by atoms with Gasteiger partial charge in [0.2, 0.25) is 10.0 Å². The third-order valence-corrected chi connectivity index (χ3v) is 4.19. The summed E-state index contributed by atoms with van der Waals surface area (Å²) in [6.07, 6.45) is 3.81. The van der Waals surface area contributed by atoms with Crippen molar-refractivity contribution in [1.82, 2.24) is 19.0 Å². The highest BCUT2D eigenvalue weighted by molar-refractivity contribution is 7.88. The van der Waals surface area contributed by atoms with E-state index < -0.39 is 10.0 Å². The van der Waals surface area contributed by atoms with Gasteiger partial charge in [-0.3, -0.25) is 0 Å². The van der Waals surface area contributed by atoms with Crippen LogP contribution in [0, 0.1) is 11.3 Å². The third-order valence-electron chi connectivity index (χ3n) is 2.89. The van der Waals surface area contributed by atoms with E-state index in [1.54, 1.807) is 0 Å². The topological polar surface area (TPSA) is 99.3 Å². The normalized spacial score (nSPS) is 17.2. The highest BCUT2D eigenvalue weighted by Crippen LogP contribution is 2.08. The molecule has 0 radical (unpaired) electrons. The predicted molar refractivity (Wildman–Crippen MR) is 65.7 cm³/mol. The van der Waals surface area contributed by atoms with Crippen LogP contribution in [-0.4, -0.2) is 65.9 Å². The summed E-state index contributed by atoms with van der Waals surface area (Å²) in [5.41, 5.74) is 0.308. The highest BCUT2D eigenvalue weighted by atomic mass is 32.2. The van der Waals surface area contributed by atoms with Crippen LogP contribution in [0.2, 0.25) is 0 Å². The monoisotopic (exact) mass is 283 g/mol. The molecule has 1 saturated heterocycles. The third kappa shape index (κ3) is 2.91. The highest BCUT2D eigenvalue weighted by Gasteiger charge is 2.26. The molecule has 1 aromatic heterocycles. The first-order valence-electron chi connectivity index (χ1n) is 5.61. The van der Waals surface area contributed by atoms with Crippen LogP contribution >= 0.6 is 0 Å². The van der Waals surface area contributed by atoms with Gasteiger partial charge in [0.25, 0.3) is 0 Å². The number of sulfonamides is 1. The summed E-state index contributed by atoms with van der Waals surface area (Å²) in [6.45, 7) is 1.18. The number of piperazine rings is 1. The summed E-state index contributed by atoms with van der Waals surface area (Å²) in [7, 11) is -3.21. The van der Waals surface area contributed by atoms with Crippen molar-refractivity contribution in [2.24, 2.45) is 0 Å². The summed E-state index contributed by atoms with van der Waals surface area (Å²) >= 11 is 0. The van der Waals surface area contributed by atoms with Crippen LogP contribution in [0.5, 0.6) is 0 Å². The van der Waals surface area contributed by atoms with Crippen molar-refractivity contribution in [1.29, 1.82) is 5.26 Å². The first-order chi connectivity index (χ1) is 8.91. The van der Waals surface area contributed by atoms with Crippen LogP contribution in [0.25, 0.3) is 0 Å². The first kappa shape index (κ1) is 13.5. The van der Waals surface area contributed by atoms with E-state index in [-0.39, 0.29) is 19.1 Å². The first-order valence-corrected chi connectivity index (χ1v) is 7.46. The quantitative estimate of drug-likeness (QED) is 0.678. The molecule has 1 aromatic rings. The summed E-state index contributed by atoms with van der Waals surface area (Å²) in [5, 5.41) is 12.5. The minimum absolute atomic E-state index is 0.275. The van der Waals surface area contributed by atoms with Gasteiger partial charge in [-0.15, -0.1) is 0 Å². The number of hydrogen-bond acceptors (Lipinski definition) is 5. The standard InChI is InChI=1S/C10H13N5O3S/c1-19(17,18)14-4-2-13(3-5-14)10(16)15-8-9(6-11)7-12-15/h7-8H,2-5H2,1H3. The Balaban J connectivity index is 2.02. The summed E-state index contributed by atoms with van der Waals surface area (Å²) in [6, 6.07) is 1.54. The molecule has 0 unspecified atom stereocenters. The molecule has 0 aromatic carbocycles. The van der Waals surface area contributed by atoms with Crippen molar-refractivity contribution in [3.8, 4) is 6.07 Å².